The van der Waals surface area contributed by atoms with Crippen LogP contribution >= 0.6 is 11.3 Å². The Labute approximate surface area is 98.7 Å². The van der Waals surface area contributed by atoms with Crippen LogP contribution in [-0.2, 0) is 11.2 Å². The Morgan fingerprint density at radius 1 is 1.81 bits per heavy atom. The van der Waals surface area contributed by atoms with Gasteiger partial charge in [-0.1, -0.05) is 0 Å². The molecule has 0 aromatic carbocycles. The summed E-state index contributed by atoms with van der Waals surface area (Å²) in [6.45, 7) is 3.00. The van der Waals surface area contributed by atoms with Crippen LogP contribution in [0.25, 0.3) is 0 Å². The molecule has 2 atom stereocenters. The molecule has 16 heavy (non-hydrogen) atoms. The number of carbonyl (C=O) groups is 1. The highest BCUT2D eigenvalue weighted by molar-refractivity contribution is 7.10. The molecule has 0 fully saturated rings. The van der Waals surface area contributed by atoms with Crippen LogP contribution in [0.5, 0.6) is 0 Å². The molecule has 1 aliphatic heterocycles. The van der Waals surface area contributed by atoms with Gasteiger partial charge in [-0.2, -0.15) is 0 Å². The number of hydrogen-bond donors (Lipinski definition) is 2. The van der Waals surface area contributed by atoms with Crippen molar-refractivity contribution in [1.29, 1.82) is 0 Å². The van der Waals surface area contributed by atoms with E-state index >= 15 is 0 Å². The molecule has 2 unspecified atom stereocenters. The molecule has 1 aliphatic rings. The van der Waals surface area contributed by atoms with Crippen molar-refractivity contribution in [1.82, 2.24) is 4.90 Å². The minimum absolute atomic E-state index is 0.152. The molecule has 3 N–H and O–H groups in total. The lowest BCUT2D eigenvalue weighted by atomic mass is 9.99. The van der Waals surface area contributed by atoms with Crippen LogP contribution in [0.3, 0.4) is 0 Å². The predicted molar refractivity (Wildman–Crippen MR) is 63.6 cm³/mol. The fourth-order valence-electron chi connectivity index (χ4n) is 2.33. The first kappa shape index (κ1) is 11.6. The van der Waals surface area contributed by atoms with E-state index in [1.54, 1.807) is 11.3 Å². The number of nitrogens with two attached hydrogens (primary N) is 1. The summed E-state index contributed by atoms with van der Waals surface area (Å²) in [4.78, 5) is 14.5. The molecule has 0 aliphatic carbocycles. The summed E-state index contributed by atoms with van der Waals surface area (Å²) in [7, 11) is 0. The van der Waals surface area contributed by atoms with Crippen molar-refractivity contribution in [2.45, 2.75) is 25.4 Å². The molecule has 4 nitrogen and oxygen atoms in total. The Hall–Kier alpha value is -0.910. The minimum Gasteiger partial charge on any atom is -0.480 e. The largest absolute Gasteiger partial charge is 0.480 e. The molecule has 5 heteroatoms. The molecule has 1 aromatic rings. The van der Waals surface area contributed by atoms with Crippen molar-refractivity contribution < 1.29 is 9.90 Å². The summed E-state index contributed by atoms with van der Waals surface area (Å²) < 4.78 is 0. The third kappa shape index (κ3) is 1.86. The number of thiophene rings is 1. The highest BCUT2D eigenvalue weighted by atomic mass is 32.1. The van der Waals surface area contributed by atoms with E-state index in [-0.39, 0.29) is 12.6 Å². The number of carboxylic acid groups (broad SMARTS) is 1. The zero-order chi connectivity index (χ0) is 11.7. The van der Waals surface area contributed by atoms with Crippen molar-refractivity contribution in [3.8, 4) is 0 Å². The van der Waals surface area contributed by atoms with Crippen LogP contribution in [0.1, 0.15) is 23.4 Å². The van der Waals surface area contributed by atoms with E-state index in [0.29, 0.717) is 0 Å². The quantitative estimate of drug-likeness (QED) is 0.829. The Balaban J connectivity index is 2.23. The zero-order valence-electron chi connectivity index (χ0n) is 9.22. The van der Waals surface area contributed by atoms with Gasteiger partial charge in [0.1, 0.15) is 6.04 Å². The maximum Gasteiger partial charge on any atom is 0.322 e. The van der Waals surface area contributed by atoms with Crippen LogP contribution in [-0.4, -0.2) is 35.1 Å². The van der Waals surface area contributed by atoms with E-state index in [2.05, 4.69) is 18.4 Å². The van der Waals surface area contributed by atoms with Gasteiger partial charge in [0, 0.05) is 24.0 Å². The number of aliphatic carboxylic acids is 1. The summed E-state index contributed by atoms with van der Waals surface area (Å²) in [6, 6.07) is 1.68. The van der Waals surface area contributed by atoms with Gasteiger partial charge < -0.3 is 10.8 Å². The Morgan fingerprint density at radius 2 is 2.56 bits per heavy atom. The lowest BCUT2D eigenvalue weighted by Crippen LogP contribution is -2.49. The van der Waals surface area contributed by atoms with Gasteiger partial charge in [0.05, 0.1) is 0 Å². The lowest BCUT2D eigenvalue weighted by Gasteiger charge is -2.37. The van der Waals surface area contributed by atoms with Gasteiger partial charge in [-0.05, 0) is 30.4 Å². The molecule has 88 valence electrons. The van der Waals surface area contributed by atoms with Crippen molar-refractivity contribution in [2.75, 3.05) is 13.1 Å². The SMILES string of the molecule is CC1c2ccsc2CCN1C(CN)C(=O)O. The van der Waals surface area contributed by atoms with E-state index in [9.17, 15) is 4.79 Å². The second-order valence-corrected chi connectivity index (χ2v) is 5.05. The predicted octanol–water partition coefficient (Wildman–Crippen LogP) is 1.08. The fourth-order valence-corrected chi connectivity index (χ4v) is 3.30. The maximum atomic E-state index is 11.1. The van der Waals surface area contributed by atoms with E-state index in [0.717, 1.165) is 13.0 Å². The third-order valence-corrected chi connectivity index (χ3v) is 4.23. The monoisotopic (exact) mass is 240 g/mol. The number of nitrogens with zero attached hydrogens (tertiary/aromatic N) is 1. The molecule has 1 aromatic heterocycles. The molecule has 0 radical (unpaired) electrons. The van der Waals surface area contributed by atoms with Crippen molar-refractivity contribution in [2.24, 2.45) is 5.73 Å². The van der Waals surface area contributed by atoms with Crippen LogP contribution in [0.4, 0.5) is 0 Å². The topological polar surface area (TPSA) is 66.6 Å². The summed E-state index contributed by atoms with van der Waals surface area (Å²) in [5.41, 5.74) is 6.80. The van der Waals surface area contributed by atoms with Crippen LogP contribution in [0.2, 0.25) is 0 Å². The molecule has 2 heterocycles. The van der Waals surface area contributed by atoms with Gasteiger partial charge in [0.25, 0.3) is 0 Å². The highest BCUT2D eigenvalue weighted by Crippen LogP contribution is 2.33. The van der Waals surface area contributed by atoms with E-state index in [1.807, 2.05) is 4.90 Å². The van der Waals surface area contributed by atoms with Crippen molar-refractivity contribution in [3.05, 3.63) is 21.9 Å². The van der Waals surface area contributed by atoms with E-state index in [4.69, 9.17) is 10.8 Å². The Morgan fingerprint density at radius 3 is 3.19 bits per heavy atom. The molecular formula is C11H16N2O2S. The Kier molecular flexibility index (Phi) is 3.28. The maximum absolute atomic E-state index is 11.1. The minimum atomic E-state index is -0.826. The van der Waals surface area contributed by atoms with Gasteiger partial charge in [0.15, 0.2) is 0 Å². The molecule has 0 saturated heterocycles. The summed E-state index contributed by atoms with van der Waals surface area (Å²) in [6.07, 6.45) is 0.932. The number of fused-ring (bicyclic) bond motifs is 1. The van der Waals surface area contributed by atoms with Gasteiger partial charge in [-0.25, -0.2) is 0 Å². The average Bonchev–Trinajstić information content (AvgIpc) is 2.70. The molecule has 0 saturated carbocycles. The third-order valence-electron chi connectivity index (χ3n) is 3.23. The summed E-state index contributed by atoms with van der Waals surface area (Å²) in [5, 5.41) is 11.2. The fraction of sp³-hybridized carbons (Fsp3) is 0.545. The highest BCUT2D eigenvalue weighted by Gasteiger charge is 2.32. The Bertz CT molecular complexity index is 391. The van der Waals surface area contributed by atoms with Crippen LogP contribution in [0.15, 0.2) is 11.4 Å². The van der Waals surface area contributed by atoms with E-state index < -0.39 is 12.0 Å². The standard InChI is InChI=1S/C11H16N2O2S/c1-7-8-3-5-16-10(8)2-4-13(7)9(6-12)11(14)15/h3,5,7,9H,2,4,6,12H2,1H3,(H,14,15). The zero-order valence-corrected chi connectivity index (χ0v) is 10.0. The van der Waals surface area contributed by atoms with Crippen LogP contribution < -0.4 is 5.73 Å². The summed E-state index contributed by atoms with van der Waals surface area (Å²) >= 11 is 1.75. The summed E-state index contributed by atoms with van der Waals surface area (Å²) in [5.74, 6) is -0.826. The van der Waals surface area contributed by atoms with Gasteiger partial charge >= 0.3 is 5.97 Å². The number of hydrogen-bond acceptors (Lipinski definition) is 4. The van der Waals surface area contributed by atoms with Crippen LogP contribution in [0, 0.1) is 0 Å². The lowest BCUT2D eigenvalue weighted by molar-refractivity contribution is -0.144. The average molecular weight is 240 g/mol. The number of carboxylic acids is 1. The van der Waals surface area contributed by atoms with Gasteiger partial charge in [0.2, 0.25) is 0 Å². The second-order valence-electron chi connectivity index (χ2n) is 4.05. The first-order valence-corrected chi connectivity index (χ1v) is 6.28. The molecule has 2 rings (SSSR count). The van der Waals surface area contributed by atoms with E-state index in [1.165, 1.54) is 10.4 Å². The smallest absolute Gasteiger partial charge is 0.322 e. The first-order valence-electron chi connectivity index (χ1n) is 5.40. The van der Waals surface area contributed by atoms with Gasteiger partial charge in [-0.15, -0.1) is 11.3 Å². The molecule has 0 bridgehead atoms. The van der Waals surface area contributed by atoms with Crippen molar-refractivity contribution in [3.63, 3.8) is 0 Å². The molecular weight excluding hydrogens is 224 g/mol. The molecule has 0 amide bonds. The second kappa shape index (κ2) is 4.53. The van der Waals surface area contributed by atoms with Crippen molar-refractivity contribution >= 4 is 17.3 Å². The molecule has 0 spiro atoms. The van der Waals surface area contributed by atoms with Gasteiger partial charge in [-0.3, -0.25) is 9.69 Å². The number of rotatable bonds is 3. The normalized spacial score (nSPS) is 22.8. The first-order chi connectivity index (χ1) is 7.65.